The second kappa shape index (κ2) is 7.71. The summed E-state index contributed by atoms with van der Waals surface area (Å²) in [6, 6.07) is 13.3. The van der Waals surface area contributed by atoms with Gasteiger partial charge in [-0.05, 0) is 54.3 Å². The lowest BCUT2D eigenvalue weighted by molar-refractivity contribution is 0.601. The Hall–Kier alpha value is -2.13. The molecule has 0 radical (unpaired) electrons. The van der Waals surface area contributed by atoms with Gasteiger partial charge in [-0.2, -0.15) is 0 Å². The lowest BCUT2D eigenvalue weighted by Crippen LogP contribution is -2.13. The predicted octanol–water partition coefficient (Wildman–Crippen LogP) is 5.61. The molecule has 9 heteroatoms. The number of aryl methyl sites for hydroxylation is 1. The molecular weight excluding hydrogens is 434 g/mol. The van der Waals surface area contributed by atoms with E-state index in [9.17, 15) is 8.42 Å². The molecule has 0 fully saturated rings. The van der Waals surface area contributed by atoms with E-state index in [-0.39, 0.29) is 4.90 Å². The summed E-state index contributed by atoms with van der Waals surface area (Å²) in [5, 5.41) is 3.31. The van der Waals surface area contributed by atoms with E-state index in [0.717, 1.165) is 25.7 Å². The second-order valence-corrected chi connectivity index (χ2v) is 9.96. The van der Waals surface area contributed by atoms with Crippen molar-refractivity contribution in [2.75, 3.05) is 4.72 Å². The van der Waals surface area contributed by atoms with Crippen molar-refractivity contribution in [3.05, 3.63) is 70.8 Å². The Balaban J connectivity index is 1.68. The predicted molar refractivity (Wildman–Crippen MR) is 115 cm³/mol. The van der Waals surface area contributed by atoms with Crippen LogP contribution in [0.15, 0.2) is 75.1 Å². The van der Waals surface area contributed by atoms with Crippen molar-refractivity contribution in [2.45, 2.75) is 21.7 Å². The van der Waals surface area contributed by atoms with Gasteiger partial charge < -0.3 is 0 Å². The first-order valence-corrected chi connectivity index (χ1v) is 11.7. The molecule has 0 saturated heterocycles. The molecule has 28 heavy (non-hydrogen) atoms. The van der Waals surface area contributed by atoms with E-state index in [1.165, 1.54) is 30.2 Å². The molecule has 2 aromatic heterocycles. The molecule has 0 amide bonds. The highest BCUT2D eigenvalue weighted by Crippen LogP contribution is 2.38. The summed E-state index contributed by atoms with van der Waals surface area (Å²) >= 11 is 8.84. The van der Waals surface area contributed by atoms with Crippen LogP contribution < -0.4 is 4.72 Å². The van der Waals surface area contributed by atoms with Crippen LogP contribution in [-0.2, 0) is 10.0 Å². The second-order valence-electron chi connectivity index (χ2n) is 5.93. The number of sulfonamides is 1. The standard InChI is InChI=1S/C19H14ClN3O2S3/c1-12-10-26-18-17(12)21-11-22-19(18)27-16-5-3-2-4-15(16)23-28(24,25)14-8-6-13(20)7-9-14/h2-11,23H,1H3. The number of thiophene rings is 1. The Kier molecular flexibility index (Phi) is 5.29. The van der Waals surface area contributed by atoms with Gasteiger partial charge in [0.25, 0.3) is 10.0 Å². The Morgan fingerprint density at radius 3 is 2.61 bits per heavy atom. The molecule has 0 atom stereocenters. The van der Waals surface area contributed by atoms with E-state index in [4.69, 9.17) is 11.6 Å². The lowest BCUT2D eigenvalue weighted by atomic mass is 10.3. The number of nitrogens with one attached hydrogen (secondary N) is 1. The van der Waals surface area contributed by atoms with Crippen LogP contribution in [0.2, 0.25) is 5.02 Å². The van der Waals surface area contributed by atoms with Gasteiger partial charge in [-0.15, -0.1) is 11.3 Å². The summed E-state index contributed by atoms with van der Waals surface area (Å²) in [6.45, 7) is 2.01. The first-order chi connectivity index (χ1) is 13.4. The summed E-state index contributed by atoms with van der Waals surface area (Å²) in [4.78, 5) is 9.63. The van der Waals surface area contributed by atoms with E-state index in [2.05, 4.69) is 14.7 Å². The van der Waals surface area contributed by atoms with Crippen molar-refractivity contribution in [2.24, 2.45) is 0 Å². The maximum atomic E-state index is 12.7. The molecule has 0 aliphatic rings. The van der Waals surface area contributed by atoms with Crippen LogP contribution >= 0.6 is 34.7 Å². The molecule has 4 aromatic rings. The van der Waals surface area contributed by atoms with E-state index >= 15 is 0 Å². The van der Waals surface area contributed by atoms with Gasteiger partial charge in [0.2, 0.25) is 0 Å². The minimum Gasteiger partial charge on any atom is -0.278 e. The van der Waals surface area contributed by atoms with Gasteiger partial charge in [-0.3, -0.25) is 4.72 Å². The molecule has 0 unspecified atom stereocenters. The third-order valence-corrected chi connectivity index (χ3v) is 7.90. The van der Waals surface area contributed by atoms with Crippen molar-refractivity contribution in [1.82, 2.24) is 9.97 Å². The average molecular weight is 448 g/mol. The van der Waals surface area contributed by atoms with Gasteiger partial charge in [0.1, 0.15) is 11.4 Å². The highest BCUT2D eigenvalue weighted by molar-refractivity contribution is 8.00. The molecule has 5 nitrogen and oxygen atoms in total. The van der Waals surface area contributed by atoms with Gasteiger partial charge in [0.15, 0.2) is 0 Å². The zero-order valence-electron chi connectivity index (χ0n) is 14.6. The SMILES string of the molecule is Cc1csc2c(Sc3ccccc3NS(=O)(=O)c3ccc(Cl)cc3)ncnc12. The molecular formula is C19H14ClN3O2S3. The lowest BCUT2D eigenvalue weighted by Gasteiger charge is -2.12. The fraction of sp³-hybridized carbons (Fsp3) is 0.0526. The molecule has 0 aliphatic heterocycles. The zero-order chi connectivity index (χ0) is 19.7. The van der Waals surface area contributed by atoms with Crippen molar-refractivity contribution in [3.63, 3.8) is 0 Å². The van der Waals surface area contributed by atoms with E-state index in [0.29, 0.717) is 10.7 Å². The van der Waals surface area contributed by atoms with Crippen LogP contribution in [0.3, 0.4) is 0 Å². The van der Waals surface area contributed by atoms with E-state index in [1.54, 1.807) is 35.6 Å². The van der Waals surface area contributed by atoms with Crippen LogP contribution in [0.5, 0.6) is 0 Å². The molecule has 0 spiro atoms. The molecule has 0 bridgehead atoms. The minimum absolute atomic E-state index is 0.148. The number of anilines is 1. The fourth-order valence-corrected chi connectivity index (χ4v) is 5.88. The topological polar surface area (TPSA) is 72.0 Å². The number of aromatic nitrogens is 2. The monoisotopic (exact) mass is 447 g/mol. The van der Waals surface area contributed by atoms with Crippen LogP contribution in [-0.4, -0.2) is 18.4 Å². The number of benzene rings is 2. The van der Waals surface area contributed by atoms with Gasteiger partial charge in [-0.1, -0.05) is 35.5 Å². The highest BCUT2D eigenvalue weighted by Gasteiger charge is 2.17. The summed E-state index contributed by atoms with van der Waals surface area (Å²) in [6.07, 6.45) is 1.53. The first-order valence-electron chi connectivity index (χ1n) is 8.18. The van der Waals surface area contributed by atoms with Crippen molar-refractivity contribution in [1.29, 1.82) is 0 Å². The van der Waals surface area contributed by atoms with Gasteiger partial charge in [0.05, 0.1) is 20.8 Å². The van der Waals surface area contributed by atoms with Crippen LogP contribution in [0, 0.1) is 6.92 Å². The maximum Gasteiger partial charge on any atom is 0.261 e. The third kappa shape index (κ3) is 3.86. The molecule has 142 valence electrons. The highest BCUT2D eigenvalue weighted by atomic mass is 35.5. The van der Waals surface area contributed by atoms with Gasteiger partial charge in [-0.25, -0.2) is 18.4 Å². The summed E-state index contributed by atoms with van der Waals surface area (Å²) in [7, 11) is -3.74. The number of nitrogens with zero attached hydrogens (tertiary/aromatic N) is 2. The van der Waals surface area contributed by atoms with Crippen molar-refractivity contribution in [3.8, 4) is 0 Å². The average Bonchev–Trinajstić information content (AvgIpc) is 3.06. The molecule has 0 aliphatic carbocycles. The fourth-order valence-electron chi connectivity index (χ4n) is 2.58. The van der Waals surface area contributed by atoms with E-state index < -0.39 is 10.0 Å². The van der Waals surface area contributed by atoms with Crippen molar-refractivity contribution < 1.29 is 8.42 Å². The molecule has 2 heterocycles. The van der Waals surface area contributed by atoms with Crippen LogP contribution in [0.25, 0.3) is 10.2 Å². The largest absolute Gasteiger partial charge is 0.278 e. The van der Waals surface area contributed by atoms with Gasteiger partial charge >= 0.3 is 0 Å². The molecule has 4 rings (SSSR count). The van der Waals surface area contributed by atoms with Crippen LogP contribution in [0.4, 0.5) is 5.69 Å². The van der Waals surface area contributed by atoms with E-state index in [1.807, 2.05) is 24.4 Å². The number of rotatable bonds is 5. The normalized spacial score (nSPS) is 11.6. The third-order valence-electron chi connectivity index (χ3n) is 3.96. The number of hydrogen-bond acceptors (Lipinski definition) is 6. The Labute approximate surface area is 175 Å². The molecule has 1 N–H and O–H groups in total. The zero-order valence-corrected chi connectivity index (χ0v) is 17.8. The quantitative estimate of drug-likeness (QED) is 0.403. The number of fused-ring (bicyclic) bond motifs is 1. The van der Waals surface area contributed by atoms with Crippen LogP contribution in [0.1, 0.15) is 5.56 Å². The first kappa shape index (κ1) is 19.2. The van der Waals surface area contributed by atoms with Crippen molar-refractivity contribution >= 4 is 60.6 Å². The Bertz CT molecular complexity index is 1260. The number of para-hydroxylation sites is 1. The molecule has 2 aromatic carbocycles. The Morgan fingerprint density at radius 2 is 1.82 bits per heavy atom. The van der Waals surface area contributed by atoms with Gasteiger partial charge in [0, 0.05) is 9.92 Å². The summed E-state index contributed by atoms with van der Waals surface area (Å²) < 4.78 is 29.1. The summed E-state index contributed by atoms with van der Waals surface area (Å²) in [5.41, 5.74) is 2.50. The maximum absolute atomic E-state index is 12.7. The smallest absolute Gasteiger partial charge is 0.261 e. The molecule has 0 saturated carbocycles. The summed E-state index contributed by atoms with van der Waals surface area (Å²) in [5.74, 6) is 0. The minimum atomic E-state index is -3.74. The number of hydrogen-bond donors (Lipinski definition) is 1. The number of halogens is 1. The Morgan fingerprint density at radius 1 is 1.07 bits per heavy atom.